The van der Waals surface area contributed by atoms with E-state index in [0.717, 1.165) is 25.0 Å². The Balaban J connectivity index is 1.65. The highest BCUT2D eigenvalue weighted by atomic mass is 32.2. The fourth-order valence-corrected chi connectivity index (χ4v) is 4.25. The number of nitrogens with one attached hydrogen (secondary N) is 1. The lowest BCUT2D eigenvalue weighted by Crippen LogP contribution is -2.14. The molecule has 2 heterocycles. The number of sulfonamides is 1. The number of thiophene rings is 1. The molecule has 0 spiro atoms. The minimum atomic E-state index is -4.23. The molecule has 0 saturated heterocycles. The number of benzene rings is 1. The molecule has 2 aromatic heterocycles. The summed E-state index contributed by atoms with van der Waals surface area (Å²) in [5, 5.41) is 5.54. The molecule has 25 heavy (non-hydrogen) atoms. The first-order chi connectivity index (χ1) is 11.9. The third-order valence-electron chi connectivity index (χ3n) is 3.67. The molecule has 0 amide bonds. The van der Waals surface area contributed by atoms with Gasteiger partial charge in [0.25, 0.3) is 15.9 Å². The summed E-state index contributed by atoms with van der Waals surface area (Å²) in [6.45, 7) is 0. The van der Waals surface area contributed by atoms with Gasteiger partial charge in [0.15, 0.2) is 5.82 Å². The molecule has 0 bridgehead atoms. The van der Waals surface area contributed by atoms with E-state index >= 15 is 0 Å². The van der Waals surface area contributed by atoms with Crippen LogP contribution in [0, 0.1) is 11.6 Å². The standard InChI is InChI=1S/C15H11F2N3O3S2/c16-9-3-4-12(10(17)7-9)25(21,22)20-11-5-6-24-13(11)15-18-14(19-23-15)8-1-2-8/h3-8,20H,1-2H2. The SMILES string of the molecule is O=S(=O)(Nc1ccsc1-c1nc(C2CC2)no1)c1ccc(F)cc1F. The van der Waals surface area contributed by atoms with Crippen molar-refractivity contribution in [1.29, 1.82) is 0 Å². The van der Waals surface area contributed by atoms with Crippen molar-refractivity contribution in [3.05, 3.63) is 47.1 Å². The van der Waals surface area contributed by atoms with Crippen LogP contribution in [0.2, 0.25) is 0 Å². The third-order valence-corrected chi connectivity index (χ3v) is 5.97. The van der Waals surface area contributed by atoms with Crippen molar-refractivity contribution in [2.75, 3.05) is 4.72 Å². The number of anilines is 1. The molecule has 10 heteroatoms. The zero-order chi connectivity index (χ0) is 17.6. The molecule has 6 nitrogen and oxygen atoms in total. The molecule has 4 rings (SSSR count). The van der Waals surface area contributed by atoms with Crippen LogP contribution in [0.5, 0.6) is 0 Å². The smallest absolute Gasteiger partial charge is 0.270 e. The van der Waals surface area contributed by atoms with Crippen LogP contribution < -0.4 is 4.72 Å². The van der Waals surface area contributed by atoms with Crippen molar-refractivity contribution in [2.24, 2.45) is 0 Å². The van der Waals surface area contributed by atoms with Crippen molar-refractivity contribution >= 4 is 27.0 Å². The quantitative estimate of drug-likeness (QED) is 0.725. The summed E-state index contributed by atoms with van der Waals surface area (Å²) in [6, 6.07) is 3.78. The Morgan fingerprint density at radius 3 is 2.76 bits per heavy atom. The highest BCUT2D eigenvalue weighted by Crippen LogP contribution is 2.40. The van der Waals surface area contributed by atoms with E-state index in [-0.39, 0.29) is 11.6 Å². The minimum absolute atomic E-state index is 0.194. The van der Waals surface area contributed by atoms with Gasteiger partial charge in [-0.3, -0.25) is 4.72 Å². The second-order valence-electron chi connectivity index (χ2n) is 5.58. The van der Waals surface area contributed by atoms with E-state index in [1.54, 1.807) is 5.38 Å². The predicted molar refractivity (Wildman–Crippen MR) is 86.8 cm³/mol. The first-order valence-electron chi connectivity index (χ1n) is 7.33. The molecule has 0 atom stereocenters. The van der Waals surface area contributed by atoms with Gasteiger partial charge < -0.3 is 4.52 Å². The summed E-state index contributed by atoms with van der Waals surface area (Å²) in [6.07, 6.45) is 2.01. The predicted octanol–water partition coefficient (Wildman–Crippen LogP) is 3.75. The largest absolute Gasteiger partial charge is 0.333 e. The Morgan fingerprint density at radius 2 is 2.04 bits per heavy atom. The maximum absolute atomic E-state index is 13.8. The maximum atomic E-state index is 13.8. The summed E-state index contributed by atoms with van der Waals surface area (Å²) in [4.78, 5) is 4.07. The van der Waals surface area contributed by atoms with E-state index in [9.17, 15) is 17.2 Å². The van der Waals surface area contributed by atoms with Gasteiger partial charge in [0.1, 0.15) is 21.4 Å². The Hall–Kier alpha value is -2.33. The Morgan fingerprint density at radius 1 is 1.24 bits per heavy atom. The average molecular weight is 383 g/mol. The van der Waals surface area contributed by atoms with Gasteiger partial charge in [-0.2, -0.15) is 4.98 Å². The molecule has 1 aliphatic carbocycles. The summed E-state index contributed by atoms with van der Waals surface area (Å²) in [5.41, 5.74) is 0.194. The van der Waals surface area contributed by atoms with Crippen LogP contribution in [0.1, 0.15) is 24.6 Å². The molecule has 1 aromatic carbocycles. The minimum Gasteiger partial charge on any atom is -0.333 e. The fourth-order valence-electron chi connectivity index (χ4n) is 2.28. The Bertz CT molecular complexity index is 1040. The summed E-state index contributed by atoms with van der Waals surface area (Å²) in [5.74, 6) is -0.925. The summed E-state index contributed by atoms with van der Waals surface area (Å²) < 4.78 is 59.1. The normalized spacial score (nSPS) is 14.6. The van der Waals surface area contributed by atoms with Crippen molar-refractivity contribution in [3.8, 4) is 10.8 Å². The van der Waals surface area contributed by atoms with E-state index in [1.165, 1.54) is 17.4 Å². The molecule has 1 N–H and O–H groups in total. The van der Waals surface area contributed by atoms with Gasteiger partial charge >= 0.3 is 0 Å². The van der Waals surface area contributed by atoms with Crippen molar-refractivity contribution in [2.45, 2.75) is 23.7 Å². The van der Waals surface area contributed by atoms with E-state index < -0.39 is 26.6 Å². The summed E-state index contributed by atoms with van der Waals surface area (Å²) >= 11 is 1.21. The number of rotatable bonds is 5. The van der Waals surface area contributed by atoms with Crippen LogP contribution in [-0.2, 0) is 10.0 Å². The number of halogens is 2. The highest BCUT2D eigenvalue weighted by Gasteiger charge is 2.30. The number of hydrogen-bond acceptors (Lipinski definition) is 6. The van der Waals surface area contributed by atoms with E-state index in [0.29, 0.717) is 22.7 Å². The first-order valence-corrected chi connectivity index (χ1v) is 9.69. The van der Waals surface area contributed by atoms with Crippen LogP contribution >= 0.6 is 11.3 Å². The second-order valence-corrected chi connectivity index (χ2v) is 8.14. The second kappa shape index (κ2) is 5.88. The highest BCUT2D eigenvalue weighted by molar-refractivity contribution is 7.92. The fraction of sp³-hybridized carbons (Fsp3) is 0.200. The molecule has 3 aromatic rings. The average Bonchev–Trinajstić information content (AvgIpc) is 3.10. The molecule has 1 aliphatic rings. The van der Waals surface area contributed by atoms with Gasteiger partial charge in [-0.05, 0) is 36.4 Å². The van der Waals surface area contributed by atoms with E-state index in [2.05, 4.69) is 14.9 Å². The first kappa shape index (κ1) is 16.2. The van der Waals surface area contributed by atoms with Crippen LogP contribution in [-0.4, -0.2) is 18.6 Å². The molecule has 130 valence electrons. The molecular formula is C15H11F2N3O3S2. The van der Waals surface area contributed by atoms with Gasteiger partial charge in [-0.1, -0.05) is 5.16 Å². The van der Waals surface area contributed by atoms with Gasteiger partial charge in [-0.15, -0.1) is 11.3 Å². The molecule has 0 radical (unpaired) electrons. The molecular weight excluding hydrogens is 372 g/mol. The lowest BCUT2D eigenvalue weighted by atomic mass is 10.3. The van der Waals surface area contributed by atoms with Crippen LogP contribution in [0.3, 0.4) is 0 Å². The van der Waals surface area contributed by atoms with Crippen LogP contribution in [0.25, 0.3) is 10.8 Å². The van der Waals surface area contributed by atoms with Crippen molar-refractivity contribution in [3.63, 3.8) is 0 Å². The lowest BCUT2D eigenvalue weighted by molar-refractivity contribution is 0.423. The Kier molecular flexibility index (Phi) is 3.80. The maximum Gasteiger partial charge on any atom is 0.270 e. The van der Waals surface area contributed by atoms with Gasteiger partial charge in [0.05, 0.1) is 5.69 Å². The Labute approximate surface area is 145 Å². The van der Waals surface area contributed by atoms with Crippen molar-refractivity contribution < 1.29 is 21.7 Å². The lowest BCUT2D eigenvalue weighted by Gasteiger charge is -2.08. The summed E-state index contributed by atoms with van der Waals surface area (Å²) in [7, 11) is -4.23. The topological polar surface area (TPSA) is 85.1 Å². The molecule has 0 aliphatic heterocycles. The number of nitrogens with zero attached hydrogens (tertiary/aromatic N) is 2. The zero-order valence-electron chi connectivity index (χ0n) is 12.6. The monoisotopic (exact) mass is 383 g/mol. The zero-order valence-corrected chi connectivity index (χ0v) is 14.2. The van der Waals surface area contributed by atoms with Gasteiger partial charge in [-0.25, -0.2) is 17.2 Å². The van der Waals surface area contributed by atoms with Crippen LogP contribution in [0.4, 0.5) is 14.5 Å². The van der Waals surface area contributed by atoms with Crippen LogP contribution in [0.15, 0.2) is 39.1 Å². The van der Waals surface area contributed by atoms with Gasteiger partial charge in [0.2, 0.25) is 0 Å². The van der Waals surface area contributed by atoms with Gasteiger partial charge in [0, 0.05) is 12.0 Å². The molecule has 0 unspecified atom stereocenters. The third kappa shape index (κ3) is 3.14. The van der Waals surface area contributed by atoms with E-state index in [4.69, 9.17) is 4.52 Å². The van der Waals surface area contributed by atoms with Crippen molar-refractivity contribution in [1.82, 2.24) is 10.1 Å². The van der Waals surface area contributed by atoms with E-state index in [1.807, 2.05) is 0 Å². The number of hydrogen-bond donors (Lipinski definition) is 1. The molecule has 1 fully saturated rings. The number of aromatic nitrogens is 2. The molecule has 1 saturated carbocycles.